The second-order valence-corrected chi connectivity index (χ2v) is 8.13. The fourth-order valence-corrected chi connectivity index (χ4v) is 5.07. The molecule has 1 saturated carbocycles. The van der Waals surface area contributed by atoms with Gasteiger partial charge in [-0.1, -0.05) is 19.8 Å². The zero-order valence-corrected chi connectivity index (χ0v) is 14.3. The number of benzene rings is 1. The van der Waals surface area contributed by atoms with E-state index in [1.54, 1.807) is 12.1 Å². The molecule has 4 rings (SSSR count). The molecule has 2 nitrogen and oxygen atoms in total. The summed E-state index contributed by atoms with van der Waals surface area (Å²) in [6.07, 6.45) is 9.28. The molecule has 23 heavy (non-hydrogen) atoms. The van der Waals surface area contributed by atoms with Crippen molar-refractivity contribution in [1.29, 1.82) is 0 Å². The molecule has 1 spiro atoms. The Morgan fingerprint density at radius 1 is 1.17 bits per heavy atom. The van der Waals surface area contributed by atoms with E-state index in [1.165, 1.54) is 63.6 Å². The molecule has 0 aromatic heterocycles. The Kier molecular flexibility index (Phi) is 4.08. The minimum absolute atomic E-state index is 0. The van der Waals surface area contributed by atoms with Crippen LogP contribution in [0.25, 0.3) is 0 Å². The van der Waals surface area contributed by atoms with Crippen molar-refractivity contribution in [2.45, 2.75) is 63.3 Å². The predicted molar refractivity (Wildman–Crippen MR) is 95.5 cm³/mol. The molecule has 2 heterocycles. The van der Waals surface area contributed by atoms with Gasteiger partial charge in [-0.15, -0.1) is 0 Å². The van der Waals surface area contributed by atoms with Crippen LogP contribution in [0.1, 0.15) is 58.9 Å². The highest BCUT2D eigenvalue weighted by molar-refractivity contribution is 5.60. The van der Waals surface area contributed by atoms with Gasteiger partial charge >= 0.3 is 0 Å². The molecule has 2 fully saturated rings. The molecule has 2 unspecified atom stereocenters. The maximum absolute atomic E-state index is 13.7. The summed E-state index contributed by atoms with van der Waals surface area (Å²) in [6.45, 7) is 5.75. The average Bonchev–Trinajstić information content (AvgIpc) is 2.75. The summed E-state index contributed by atoms with van der Waals surface area (Å²) in [6, 6.07) is 6.06. The van der Waals surface area contributed by atoms with Crippen LogP contribution in [0.15, 0.2) is 18.2 Å². The third-order valence-corrected chi connectivity index (χ3v) is 6.67. The molecular formula is C20H31FN2. The topological polar surface area (TPSA) is 15.3 Å². The molecule has 1 aromatic carbocycles. The Bertz CT molecular complexity index is 569. The molecule has 1 aromatic rings. The first kappa shape index (κ1) is 15.4. The van der Waals surface area contributed by atoms with E-state index in [2.05, 4.69) is 17.1 Å². The number of anilines is 1. The minimum Gasteiger partial charge on any atom is -0.384 e. The zero-order chi connectivity index (χ0) is 15.9. The highest BCUT2D eigenvalue weighted by Crippen LogP contribution is 2.45. The zero-order valence-electron chi connectivity index (χ0n) is 14.3. The van der Waals surface area contributed by atoms with Gasteiger partial charge in [0, 0.05) is 25.1 Å². The molecule has 0 amide bonds. The molecule has 2 atom stereocenters. The minimum atomic E-state index is -0.0907. The van der Waals surface area contributed by atoms with Crippen molar-refractivity contribution in [3.63, 3.8) is 0 Å². The molecular weight excluding hydrogens is 287 g/mol. The summed E-state index contributed by atoms with van der Waals surface area (Å²) >= 11 is 0. The predicted octanol–water partition coefficient (Wildman–Crippen LogP) is 4.80. The standard InChI is InChI=1S/C20H29FN2.H2/c1-15-3-2-4-17(7-5-15)23-11-9-20(10-12-23)14-22-19-8-6-16(21)13-18(19)20;/h6,8,13,15,17,22H,2-5,7,9-12,14H2,1H3;1H. The lowest BCUT2D eigenvalue weighted by Crippen LogP contribution is -2.47. The van der Waals surface area contributed by atoms with Crippen LogP contribution in [0.5, 0.6) is 0 Å². The first-order valence-electron chi connectivity index (χ1n) is 9.44. The highest BCUT2D eigenvalue weighted by Gasteiger charge is 2.42. The van der Waals surface area contributed by atoms with Crippen LogP contribution in [-0.2, 0) is 5.41 Å². The third kappa shape index (κ3) is 2.88. The van der Waals surface area contributed by atoms with Gasteiger partial charge in [0.2, 0.25) is 0 Å². The van der Waals surface area contributed by atoms with E-state index < -0.39 is 0 Å². The summed E-state index contributed by atoms with van der Waals surface area (Å²) in [5.74, 6) is 0.817. The fraction of sp³-hybridized carbons (Fsp3) is 0.700. The average molecular weight is 318 g/mol. The largest absolute Gasteiger partial charge is 0.384 e. The second kappa shape index (κ2) is 6.08. The number of rotatable bonds is 1. The summed E-state index contributed by atoms with van der Waals surface area (Å²) in [7, 11) is 0. The van der Waals surface area contributed by atoms with Gasteiger partial charge in [0.1, 0.15) is 5.82 Å². The van der Waals surface area contributed by atoms with Gasteiger partial charge in [-0.3, -0.25) is 0 Å². The summed E-state index contributed by atoms with van der Waals surface area (Å²) in [4.78, 5) is 2.74. The maximum Gasteiger partial charge on any atom is 0.123 e. The van der Waals surface area contributed by atoms with Gasteiger partial charge in [0.05, 0.1) is 0 Å². The number of hydrogen-bond donors (Lipinski definition) is 1. The van der Waals surface area contributed by atoms with Gasteiger partial charge in [0.15, 0.2) is 0 Å². The Labute approximate surface area is 140 Å². The van der Waals surface area contributed by atoms with Gasteiger partial charge in [-0.05, 0) is 74.9 Å². The Morgan fingerprint density at radius 2 is 2.00 bits per heavy atom. The molecule has 1 saturated heterocycles. The molecule has 0 radical (unpaired) electrons. The van der Waals surface area contributed by atoms with Crippen LogP contribution in [0.2, 0.25) is 0 Å². The van der Waals surface area contributed by atoms with E-state index in [1.807, 2.05) is 6.07 Å². The lowest BCUT2D eigenvalue weighted by atomic mass is 9.74. The van der Waals surface area contributed by atoms with E-state index in [0.29, 0.717) is 0 Å². The van der Waals surface area contributed by atoms with Crippen molar-refractivity contribution in [3.8, 4) is 0 Å². The SMILES string of the molecule is CC1CCCC(N2CCC3(CC2)CNc2ccc(F)cc23)CC1.[HH]. The summed E-state index contributed by atoms with van der Waals surface area (Å²) in [5.41, 5.74) is 2.56. The highest BCUT2D eigenvalue weighted by atomic mass is 19.1. The van der Waals surface area contributed by atoms with Gasteiger partial charge < -0.3 is 10.2 Å². The number of nitrogens with zero attached hydrogens (tertiary/aromatic N) is 1. The van der Waals surface area contributed by atoms with Crippen LogP contribution in [-0.4, -0.2) is 30.6 Å². The first-order valence-corrected chi connectivity index (χ1v) is 9.44. The number of fused-ring (bicyclic) bond motifs is 2. The summed E-state index contributed by atoms with van der Waals surface area (Å²) < 4.78 is 13.7. The van der Waals surface area contributed by atoms with E-state index >= 15 is 0 Å². The smallest absolute Gasteiger partial charge is 0.123 e. The van der Waals surface area contributed by atoms with Crippen molar-refractivity contribution < 1.29 is 5.82 Å². The maximum atomic E-state index is 13.7. The molecule has 1 N–H and O–H groups in total. The number of likely N-dealkylation sites (tertiary alicyclic amines) is 1. The Hall–Kier alpha value is -1.09. The van der Waals surface area contributed by atoms with Crippen molar-refractivity contribution in [2.24, 2.45) is 5.92 Å². The number of halogens is 1. The van der Waals surface area contributed by atoms with E-state index in [4.69, 9.17) is 0 Å². The molecule has 0 bridgehead atoms. The van der Waals surface area contributed by atoms with Crippen LogP contribution in [0, 0.1) is 11.7 Å². The van der Waals surface area contributed by atoms with Crippen LogP contribution in [0.3, 0.4) is 0 Å². The van der Waals surface area contributed by atoms with Crippen LogP contribution in [0.4, 0.5) is 10.1 Å². The lowest BCUT2D eigenvalue weighted by molar-refractivity contribution is 0.111. The molecule has 1 aliphatic carbocycles. The van der Waals surface area contributed by atoms with Crippen molar-refractivity contribution >= 4 is 5.69 Å². The molecule has 3 aliphatic rings. The summed E-state index contributed by atoms with van der Waals surface area (Å²) in [5, 5.41) is 3.51. The Balaban J connectivity index is 0.00000169. The number of nitrogens with one attached hydrogen (secondary N) is 1. The number of hydrogen-bond acceptors (Lipinski definition) is 2. The van der Waals surface area contributed by atoms with Crippen molar-refractivity contribution in [3.05, 3.63) is 29.6 Å². The van der Waals surface area contributed by atoms with Gasteiger partial charge in [0.25, 0.3) is 0 Å². The quantitative estimate of drug-likeness (QED) is 0.748. The van der Waals surface area contributed by atoms with Gasteiger partial charge in [-0.25, -0.2) is 4.39 Å². The molecule has 3 heteroatoms. The van der Waals surface area contributed by atoms with E-state index in [0.717, 1.165) is 24.2 Å². The fourth-order valence-electron chi connectivity index (χ4n) is 5.07. The molecule has 128 valence electrons. The van der Waals surface area contributed by atoms with E-state index in [-0.39, 0.29) is 12.7 Å². The van der Waals surface area contributed by atoms with Crippen molar-refractivity contribution in [1.82, 2.24) is 4.90 Å². The normalized spacial score (nSPS) is 30.7. The van der Waals surface area contributed by atoms with E-state index in [9.17, 15) is 4.39 Å². The Morgan fingerprint density at radius 3 is 2.83 bits per heavy atom. The monoisotopic (exact) mass is 318 g/mol. The molecule has 2 aliphatic heterocycles. The van der Waals surface area contributed by atoms with Crippen LogP contribution < -0.4 is 5.32 Å². The lowest BCUT2D eigenvalue weighted by Gasteiger charge is -2.42. The van der Waals surface area contributed by atoms with Crippen LogP contribution >= 0.6 is 0 Å². The third-order valence-electron chi connectivity index (χ3n) is 6.67. The van der Waals surface area contributed by atoms with Crippen molar-refractivity contribution in [2.75, 3.05) is 25.0 Å². The van der Waals surface area contributed by atoms with Gasteiger partial charge in [-0.2, -0.15) is 0 Å². The first-order chi connectivity index (χ1) is 11.2. The number of piperidine rings is 1. The second-order valence-electron chi connectivity index (χ2n) is 8.13.